The average Bonchev–Trinajstić information content (AvgIpc) is 3.12. The summed E-state index contributed by atoms with van der Waals surface area (Å²) in [6, 6.07) is 9.14. The predicted octanol–water partition coefficient (Wildman–Crippen LogP) is 3.63. The predicted molar refractivity (Wildman–Crippen MR) is 141 cm³/mol. The van der Waals surface area contributed by atoms with E-state index in [-0.39, 0.29) is 17.9 Å². The number of ether oxygens (including phenoxy) is 1. The summed E-state index contributed by atoms with van der Waals surface area (Å²) in [6.45, 7) is 9.18. The molecule has 1 saturated heterocycles. The van der Waals surface area contributed by atoms with Gasteiger partial charge in [0.2, 0.25) is 5.91 Å². The van der Waals surface area contributed by atoms with Crippen molar-refractivity contribution in [3.05, 3.63) is 58.6 Å². The van der Waals surface area contributed by atoms with Crippen molar-refractivity contribution in [2.24, 2.45) is 5.92 Å². The van der Waals surface area contributed by atoms with Gasteiger partial charge in [0.05, 0.1) is 17.3 Å². The van der Waals surface area contributed by atoms with Crippen molar-refractivity contribution in [3.63, 3.8) is 0 Å². The Morgan fingerprint density at radius 1 is 1.16 bits per heavy atom. The number of aliphatic hydroxyl groups is 2. The molecule has 37 heavy (non-hydrogen) atoms. The van der Waals surface area contributed by atoms with Gasteiger partial charge in [-0.15, -0.1) is 0 Å². The number of benzene rings is 2. The van der Waals surface area contributed by atoms with Crippen LogP contribution in [0.3, 0.4) is 0 Å². The summed E-state index contributed by atoms with van der Waals surface area (Å²) in [5, 5.41) is 24.1. The molecule has 3 rings (SSSR count). The van der Waals surface area contributed by atoms with E-state index in [9.17, 15) is 19.5 Å². The first-order valence-corrected chi connectivity index (χ1v) is 12.5. The van der Waals surface area contributed by atoms with E-state index in [0.717, 1.165) is 10.5 Å². The average molecular weight is 532 g/mol. The number of anilines is 1. The number of carbonyl (C=O) groups is 3. The van der Waals surface area contributed by atoms with Crippen LogP contribution in [0.4, 0.5) is 10.5 Å². The summed E-state index contributed by atoms with van der Waals surface area (Å²) >= 11 is 6.43. The summed E-state index contributed by atoms with van der Waals surface area (Å²) in [4.78, 5) is 40.5. The highest BCUT2D eigenvalue weighted by molar-refractivity contribution is 6.33. The van der Waals surface area contributed by atoms with E-state index in [0.29, 0.717) is 22.0 Å². The molecule has 4 amide bonds. The lowest BCUT2D eigenvalue weighted by molar-refractivity contribution is -0.135. The van der Waals surface area contributed by atoms with Gasteiger partial charge in [0.15, 0.2) is 0 Å². The van der Waals surface area contributed by atoms with Crippen molar-refractivity contribution in [2.75, 3.05) is 18.5 Å². The number of nitrogens with zero attached hydrogens (tertiary/aromatic N) is 1. The minimum Gasteiger partial charge on any atom is -0.491 e. The van der Waals surface area contributed by atoms with Crippen LogP contribution in [0, 0.1) is 5.92 Å². The van der Waals surface area contributed by atoms with Gasteiger partial charge in [-0.1, -0.05) is 64.4 Å². The molecular formula is C27H34ClN3O6. The Kier molecular flexibility index (Phi) is 8.84. The maximum absolute atomic E-state index is 13.3. The lowest BCUT2D eigenvalue weighted by atomic mass is 9.87. The van der Waals surface area contributed by atoms with Crippen LogP contribution in [0.5, 0.6) is 5.75 Å². The summed E-state index contributed by atoms with van der Waals surface area (Å²) in [7, 11) is 0. The zero-order valence-corrected chi connectivity index (χ0v) is 22.4. The van der Waals surface area contributed by atoms with E-state index < -0.39 is 42.6 Å². The molecule has 200 valence electrons. The second-order valence-electron chi connectivity index (χ2n) is 10.4. The molecule has 4 N–H and O–H groups in total. The van der Waals surface area contributed by atoms with Crippen molar-refractivity contribution >= 4 is 35.1 Å². The Morgan fingerprint density at radius 3 is 2.35 bits per heavy atom. The van der Waals surface area contributed by atoms with Crippen LogP contribution in [0.1, 0.15) is 51.8 Å². The summed E-state index contributed by atoms with van der Waals surface area (Å²) in [5.41, 5.74) is 1.80. The fraction of sp³-hybridized carbons (Fsp3) is 0.444. The lowest BCUT2D eigenvalue weighted by Gasteiger charge is -2.28. The van der Waals surface area contributed by atoms with Crippen LogP contribution in [-0.2, 0) is 15.0 Å². The third kappa shape index (κ3) is 6.60. The van der Waals surface area contributed by atoms with Crippen molar-refractivity contribution < 1.29 is 29.3 Å². The number of aliphatic hydroxyl groups excluding tert-OH is 2. The van der Waals surface area contributed by atoms with E-state index in [2.05, 4.69) is 31.4 Å². The molecule has 0 aliphatic carbocycles. The first-order valence-electron chi connectivity index (χ1n) is 12.1. The van der Waals surface area contributed by atoms with Gasteiger partial charge >= 0.3 is 6.03 Å². The van der Waals surface area contributed by atoms with Crippen molar-refractivity contribution in [1.29, 1.82) is 0 Å². The minimum atomic E-state index is -1.06. The van der Waals surface area contributed by atoms with Crippen LogP contribution >= 0.6 is 11.6 Å². The van der Waals surface area contributed by atoms with E-state index >= 15 is 0 Å². The SMILES string of the molecule is CC(C)[C@@H](C(=O)Nc1ccc(C(C)(C)C)cc1Cl)N1C(=O)N[C@H](c2ccc(OC[C@@H](O)CO)cc2)C1=O. The molecule has 3 atom stereocenters. The van der Waals surface area contributed by atoms with Gasteiger partial charge in [-0.25, -0.2) is 9.69 Å². The first-order chi connectivity index (χ1) is 17.3. The molecule has 1 heterocycles. The lowest BCUT2D eigenvalue weighted by Crippen LogP contribution is -2.50. The Bertz CT molecular complexity index is 1150. The van der Waals surface area contributed by atoms with Crippen molar-refractivity contribution in [2.45, 2.75) is 58.2 Å². The van der Waals surface area contributed by atoms with Crippen molar-refractivity contribution in [3.8, 4) is 5.75 Å². The topological polar surface area (TPSA) is 128 Å². The molecule has 9 nitrogen and oxygen atoms in total. The van der Waals surface area contributed by atoms with Gasteiger partial charge in [-0.05, 0) is 46.7 Å². The number of hydrogen-bond acceptors (Lipinski definition) is 6. The quantitative estimate of drug-likeness (QED) is 0.366. The highest BCUT2D eigenvalue weighted by Gasteiger charge is 2.46. The number of urea groups is 1. The van der Waals surface area contributed by atoms with Crippen LogP contribution in [0.2, 0.25) is 5.02 Å². The maximum Gasteiger partial charge on any atom is 0.325 e. The van der Waals surface area contributed by atoms with Crippen LogP contribution < -0.4 is 15.4 Å². The maximum atomic E-state index is 13.3. The molecule has 0 bridgehead atoms. The summed E-state index contributed by atoms with van der Waals surface area (Å²) in [6.07, 6.45) is -1.01. The number of carbonyl (C=O) groups excluding carboxylic acids is 3. The first kappa shape index (κ1) is 28.4. The summed E-state index contributed by atoms with van der Waals surface area (Å²) < 4.78 is 5.38. The number of rotatable bonds is 9. The van der Waals surface area contributed by atoms with Crippen LogP contribution in [0.25, 0.3) is 0 Å². The monoisotopic (exact) mass is 531 g/mol. The van der Waals surface area contributed by atoms with E-state index in [1.54, 1.807) is 50.2 Å². The number of imide groups is 1. The van der Waals surface area contributed by atoms with Crippen molar-refractivity contribution in [1.82, 2.24) is 10.2 Å². The molecule has 1 fully saturated rings. The highest BCUT2D eigenvalue weighted by atomic mass is 35.5. The van der Waals surface area contributed by atoms with E-state index in [1.807, 2.05) is 6.07 Å². The number of nitrogens with one attached hydrogen (secondary N) is 2. The molecule has 1 aliphatic heterocycles. The second-order valence-corrected chi connectivity index (χ2v) is 10.8. The zero-order chi connectivity index (χ0) is 27.5. The molecule has 10 heteroatoms. The van der Waals surface area contributed by atoms with Gasteiger partial charge in [0, 0.05) is 0 Å². The second kappa shape index (κ2) is 11.5. The zero-order valence-electron chi connectivity index (χ0n) is 21.6. The standard InChI is InChI=1S/C27H34ClN3O6/c1-15(2)23(24(34)29-21-11-8-17(12-20(21)28)27(3,4)5)31-25(35)22(30-26(31)36)16-6-9-19(10-7-16)37-14-18(33)13-32/h6-12,15,18,22-23,32-33H,13-14H2,1-5H3,(H,29,34)(H,30,36)/t18-,22+,23-/m0/s1. The summed E-state index contributed by atoms with van der Waals surface area (Å²) in [5.74, 6) is -0.999. The molecule has 1 aliphatic rings. The number of hydrogen-bond donors (Lipinski definition) is 4. The Balaban J connectivity index is 1.77. The normalized spacial score (nSPS) is 17.5. The van der Waals surface area contributed by atoms with Gasteiger partial charge in [-0.2, -0.15) is 0 Å². The third-order valence-corrected chi connectivity index (χ3v) is 6.42. The molecule has 0 aromatic heterocycles. The van der Waals surface area contributed by atoms with Gasteiger partial charge in [0.25, 0.3) is 5.91 Å². The van der Waals surface area contributed by atoms with Gasteiger partial charge in [0.1, 0.15) is 30.5 Å². The van der Waals surface area contributed by atoms with E-state index in [4.69, 9.17) is 21.4 Å². The van der Waals surface area contributed by atoms with E-state index in [1.165, 1.54) is 0 Å². The Labute approximate surface area is 221 Å². The van der Waals surface area contributed by atoms with Crippen LogP contribution in [-0.4, -0.2) is 58.3 Å². The molecule has 0 saturated carbocycles. The Hall–Kier alpha value is -3.14. The molecule has 0 radical (unpaired) electrons. The van der Waals surface area contributed by atoms with Gasteiger partial charge < -0.3 is 25.6 Å². The third-order valence-electron chi connectivity index (χ3n) is 6.11. The fourth-order valence-corrected chi connectivity index (χ4v) is 4.22. The minimum absolute atomic E-state index is 0.0865. The molecular weight excluding hydrogens is 498 g/mol. The molecule has 2 aromatic carbocycles. The molecule has 0 spiro atoms. The fourth-order valence-electron chi connectivity index (χ4n) is 3.99. The van der Waals surface area contributed by atoms with Gasteiger partial charge in [-0.3, -0.25) is 9.59 Å². The molecule has 0 unspecified atom stereocenters. The largest absolute Gasteiger partial charge is 0.491 e. The molecule has 2 aromatic rings. The smallest absolute Gasteiger partial charge is 0.325 e. The number of amides is 4. The van der Waals surface area contributed by atoms with Crippen LogP contribution in [0.15, 0.2) is 42.5 Å². The Morgan fingerprint density at radius 2 is 1.81 bits per heavy atom. The highest BCUT2D eigenvalue weighted by Crippen LogP contribution is 2.31. The number of halogens is 1.